The molecule has 0 radical (unpaired) electrons. The Labute approximate surface area is 116 Å². The van der Waals surface area contributed by atoms with Gasteiger partial charge in [-0.1, -0.05) is 25.4 Å². The molecule has 0 aliphatic carbocycles. The predicted molar refractivity (Wildman–Crippen MR) is 80.0 cm³/mol. The molecule has 0 fully saturated rings. The molecule has 2 nitrogen and oxygen atoms in total. The Kier molecular flexibility index (Phi) is 5.86. The van der Waals surface area contributed by atoms with Crippen LogP contribution < -0.4 is 11.1 Å². The van der Waals surface area contributed by atoms with Gasteiger partial charge in [0.25, 0.3) is 0 Å². The Hall–Kier alpha value is -0.0000000000000000555. The zero-order valence-electron chi connectivity index (χ0n) is 9.63. The van der Waals surface area contributed by atoms with E-state index in [4.69, 9.17) is 17.3 Å². The Balaban J connectivity index is 2.60. The van der Waals surface area contributed by atoms with Gasteiger partial charge in [-0.2, -0.15) is 0 Å². The fourth-order valence-electron chi connectivity index (χ4n) is 1.47. The van der Waals surface area contributed by atoms with Crippen LogP contribution in [0.15, 0.2) is 18.2 Å². The molecule has 0 amide bonds. The van der Waals surface area contributed by atoms with Crippen molar-refractivity contribution >= 4 is 39.9 Å². The Morgan fingerprint density at radius 1 is 1.44 bits per heavy atom. The lowest BCUT2D eigenvalue weighted by molar-refractivity contribution is 0.413. The number of halogens is 2. The van der Waals surface area contributed by atoms with Gasteiger partial charge in [0.15, 0.2) is 0 Å². The fraction of sp³-hybridized carbons (Fsp3) is 0.500. The third kappa shape index (κ3) is 4.11. The second-order valence-corrected chi connectivity index (χ2v) is 5.90. The van der Waals surface area contributed by atoms with E-state index < -0.39 is 0 Å². The highest BCUT2D eigenvalue weighted by molar-refractivity contribution is 14.1. The fourth-order valence-corrected chi connectivity index (χ4v) is 2.39. The first kappa shape index (κ1) is 14.1. The monoisotopic (exact) mass is 352 g/mol. The van der Waals surface area contributed by atoms with Crippen molar-refractivity contribution < 1.29 is 0 Å². The number of nitrogens with one attached hydrogen (secondary N) is 1. The average molecular weight is 353 g/mol. The standard InChI is InChI=1S/C12H18ClIN2/c1-8(2)9(6-15)7-16-12-4-3-10(14)5-11(12)13/h3-5,8-9,16H,6-7,15H2,1-2H3. The molecule has 4 heteroatoms. The molecular weight excluding hydrogens is 335 g/mol. The first-order valence-corrected chi connectivity index (χ1v) is 6.89. The van der Waals surface area contributed by atoms with Gasteiger partial charge in [-0.25, -0.2) is 0 Å². The molecule has 0 aliphatic heterocycles. The third-order valence-electron chi connectivity index (χ3n) is 2.73. The molecule has 3 N–H and O–H groups in total. The van der Waals surface area contributed by atoms with Gasteiger partial charge in [-0.15, -0.1) is 0 Å². The van der Waals surface area contributed by atoms with E-state index in [1.54, 1.807) is 0 Å². The van der Waals surface area contributed by atoms with Crippen LogP contribution in [0.5, 0.6) is 0 Å². The van der Waals surface area contributed by atoms with Crippen LogP contribution in [-0.2, 0) is 0 Å². The molecule has 1 atom stereocenters. The van der Waals surface area contributed by atoms with Crippen molar-refractivity contribution in [1.82, 2.24) is 0 Å². The van der Waals surface area contributed by atoms with Crippen LogP contribution >= 0.6 is 34.2 Å². The van der Waals surface area contributed by atoms with Crippen molar-refractivity contribution in [2.24, 2.45) is 17.6 Å². The lowest BCUT2D eigenvalue weighted by Gasteiger charge is -2.20. The second kappa shape index (κ2) is 6.67. The van der Waals surface area contributed by atoms with Gasteiger partial charge < -0.3 is 11.1 Å². The molecule has 0 saturated heterocycles. The van der Waals surface area contributed by atoms with E-state index in [9.17, 15) is 0 Å². The molecule has 16 heavy (non-hydrogen) atoms. The third-order valence-corrected chi connectivity index (χ3v) is 3.72. The van der Waals surface area contributed by atoms with Gasteiger partial charge in [0.1, 0.15) is 0 Å². The molecule has 0 aromatic heterocycles. The van der Waals surface area contributed by atoms with Crippen LogP contribution in [0.1, 0.15) is 13.8 Å². The van der Waals surface area contributed by atoms with Gasteiger partial charge in [-0.3, -0.25) is 0 Å². The van der Waals surface area contributed by atoms with Crippen LogP contribution in [0.25, 0.3) is 0 Å². The smallest absolute Gasteiger partial charge is 0.0648 e. The first-order valence-electron chi connectivity index (χ1n) is 5.43. The van der Waals surface area contributed by atoms with Gasteiger partial charge >= 0.3 is 0 Å². The van der Waals surface area contributed by atoms with Crippen LogP contribution in [0.2, 0.25) is 5.02 Å². The SMILES string of the molecule is CC(C)C(CN)CNc1ccc(I)cc1Cl. The Bertz CT molecular complexity index is 342. The van der Waals surface area contributed by atoms with Gasteiger partial charge in [0.2, 0.25) is 0 Å². The molecule has 1 aromatic carbocycles. The Morgan fingerprint density at radius 3 is 2.62 bits per heavy atom. The summed E-state index contributed by atoms with van der Waals surface area (Å²) < 4.78 is 1.15. The summed E-state index contributed by atoms with van der Waals surface area (Å²) in [4.78, 5) is 0. The van der Waals surface area contributed by atoms with Gasteiger partial charge in [0.05, 0.1) is 10.7 Å². The summed E-state index contributed by atoms with van der Waals surface area (Å²) in [7, 11) is 0. The average Bonchev–Trinajstić information content (AvgIpc) is 2.21. The maximum atomic E-state index is 6.14. The first-order chi connectivity index (χ1) is 7.54. The lowest BCUT2D eigenvalue weighted by atomic mass is 9.96. The molecule has 0 heterocycles. The van der Waals surface area contributed by atoms with E-state index in [1.165, 1.54) is 0 Å². The number of benzene rings is 1. The van der Waals surface area contributed by atoms with Gasteiger partial charge in [-0.05, 0) is 59.2 Å². The van der Waals surface area contributed by atoms with Crippen LogP contribution in [0.4, 0.5) is 5.69 Å². The minimum atomic E-state index is 0.482. The topological polar surface area (TPSA) is 38.0 Å². The summed E-state index contributed by atoms with van der Waals surface area (Å²) in [6, 6.07) is 6.01. The summed E-state index contributed by atoms with van der Waals surface area (Å²) >= 11 is 8.39. The molecule has 0 aliphatic rings. The number of rotatable bonds is 5. The lowest BCUT2D eigenvalue weighted by Crippen LogP contribution is -2.27. The molecule has 0 saturated carbocycles. The molecule has 1 aromatic rings. The van der Waals surface area contributed by atoms with Crippen molar-refractivity contribution in [2.45, 2.75) is 13.8 Å². The zero-order chi connectivity index (χ0) is 12.1. The van der Waals surface area contributed by atoms with Crippen molar-refractivity contribution in [1.29, 1.82) is 0 Å². The largest absolute Gasteiger partial charge is 0.384 e. The van der Waals surface area contributed by atoms with E-state index >= 15 is 0 Å². The summed E-state index contributed by atoms with van der Waals surface area (Å²) in [5.74, 6) is 1.07. The van der Waals surface area contributed by atoms with Crippen molar-refractivity contribution in [3.8, 4) is 0 Å². The highest BCUT2D eigenvalue weighted by Gasteiger charge is 2.11. The minimum absolute atomic E-state index is 0.482. The zero-order valence-corrected chi connectivity index (χ0v) is 12.5. The Morgan fingerprint density at radius 2 is 2.12 bits per heavy atom. The van der Waals surface area contributed by atoms with Crippen molar-refractivity contribution in [3.05, 3.63) is 26.8 Å². The van der Waals surface area contributed by atoms with Crippen molar-refractivity contribution in [3.63, 3.8) is 0 Å². The predicted octanol–water partition coefficient (Wildman–Crippen LogP) is 3.59. The molecule has 0 spiro atoms. The summed E-state index contributed by atoms with van der Waals surface area (Å²) in [5, 5.41) is 4.13. The molecular formula is C12H18ClIN2. The number of anilines is 1. The van der Waals surface area contributed by atoms with Gasteiger partial charge in [0, 0.05) is 10.1 Å². The summed E-state index contributed by atoms with van der Waals surface area (Å²) in [6.07, 6.45) is 0. The minimum Gasteiger partial charge on any atom is -0.384 e. The maximum Gasteiger partial charge on any atom is 0.0648 e. The summed E-state index contributed by atoms with van der Waals surface area (Å²) in [6.45, 7) is 5.95. The molecule has 1 unspecified atom stereocenters. The highest BCUT2D eigenvalue weighted by atomic mass is 127. The normalized spacial score (nSPS) is 12.9. The quantitative estimate of drug-likeness (QED) is 0.795. The molecule has 90 valence electrons. The van der Waals surface area contributed by atoms with E-state index in [-0.39, 0.29) is 0 Å². The molecule has 0 bridgehead atoms. The van der Waals surface area contributed by atoms with E-state index in [2.05, 4.69) is 41.8 Å². The highest BCUT2D eigenvalue weighted by Crippen LogP contribution is 2.24. The summed E-state index contributed by atoms with van der Waals surface area (Å²) in [5.41, 5.74) is 6.71. The number of nitrogens with two attached hydrogens (primary N) is 1. The van der Waals surface area contributed by atoms with Crippen LogP contribution in [0.3, 0.4) is 0 Å². The number of hydrogen-bond acceptors (Lipinski definition) is 2. The number of hydrogen-bond donors (Lipinski definition) is 2. The molecule has 1 rings (SSSR count). The van der Waals surface area contributed by atoms with E-state index in [0.717, 1.165) is 20.8 Å². The van der Waals surface area contributed by atoms with E-state index in [1.807, 2.05) is 18.2 Å². The van der Waals surface area contributed by atoms with E-state index in [0.29, 0.717) is 18.4 Å². The van der Waals surface area contributed by atoms with Crippen LogP contribution in [0, 0.1) is 15.4 Å². The second-order valence-electron chi connectivity index (χ2n) is 4.24. The van der Waals surface area contributed by atoms with Crippen molar-refractivity contribution in [2.75, 3.05) is 18.4 Å². The van der Waals surface area contributed by atoms with Crippen LogP contribution in [-0.4, -0.2) is 13.1 Å². The maximum absolute atomic E-state index is 6.14.